The molecule has 6 heteroatoms. The highest BCUT2D eigenvalue weighted by atomic mass is 15.2. The van der Waals surface area contributed by atoms with Gasteiger partial charge in [-0.15, -0.1) is 0 Å². The molecule has 1 atom stereocenters. The Labute approximate surface area is 107 Å². The minimum atomic E-state index is 0.416. The third-order valence-electron chi connectivity index (χ3n) is 3.12. The van der Waals surface area contributed by atoms with Gasteiger partial charge in [0.15, 0.2) is 6.19 Å². The Kier molecular flexibility index (Phi) is 3.95. The lowest BCUT2D eigenvalue weighted by Gasteiger charge is -2.30. The summed E-state index contributed by atoms with van der Waals surface area (Å²) in [6, 6.07) is 2.22. The largest absolute Gasteiger partial charge is 0.366 e. The number of hydrogen-bond donors (Lipinski definition) is 1. The van der Waals surface area contributed by atoms with E-state index in [2.05, 4.69) is 27.2 Å². The number of aromatic nitrogens is 2. The summed E-state index contributed by atoms with van der Waals surface area (Å²) in [6.07, 6.45) is 5.86. The van der Waals surface area contributed by atoms with Crippen molar-refractivity contribution in [3.05, 3.63) is 12.4 Å². The van der Waals surface area contributed by atoms with Gasteiger partial charge in [0.25, 0.3) is 0 Å². The van der Waals surface area contributed by atoms with Crippen LogP contribution in [0, 0.1) is 11.5 Å². The molecule has 96 valence electrons. The second-order valence-electron chi connectivity index (χ2n) is 4.67. The average molecular weight is 246 g/mol. The van der Waals surface area contributed by atoms with E-state index in [1.54, 1.807) is 13.1 Å². The number of nitrogens with zero attached hydrogens (tertiary/aromatic N) is 5. The van der Waals surface area contributed by atoms with Gasteiger partial charge in [0.2, 0.25) is 0 Å². The van der Waals surface area contributed by atoms with Crippen molar-refractivity contribution in [3.63, 3.8) is 0 Å². The van der Waals surface area contributed by atoms with Crippen LogP contribution in [0.4, 0.5) is 11.6 Å². The third-order valence-corrected chi connectivity index (χ3v) is 3.12. The summed E-state index contributed by atoms with van der Waals surface area (Å²) in [5.41, 5.74) is 0. The molecule has 0 aromatic carbocycles. The van der Waals surface area contributed by atoms with E-state index < -0.39 is 0 Å². The number of hydrogen-bond acceptors (Lipinski definition) is 6. The monoisotopic (exact) mass is 246 g/mol. The Morgan fingerprint density at radius 3 is 3.11 bits per heavy atom. The van der Waals surface area contributed by atoms with Crippen molar-refractivity contribution >= 4 is 11.6 Å². The highest BCUT2D eigenvalue weighted by Crippen LogP contribution is 2.16. The Balaban J connectivity index is 2.03. The quantitative estimate of drug-likeness (QED) is 0.631. The minimum absolute atomic E-state index is 0.416. The number of nitriles is 1. The fourth-order valence-electron chi connectivity index (χ4n) is 2.15. The molecule has 1 N–H and O–H groups in total. The molecule has 6 nitrogen and oxygen atoms in total. The summed E-state index contributed by atoms with van der Waals surface area (Å²) in [5.74, 6) is 1.39. The molecule has 0 bridgehead atoms. The number of anilines is 2. The second kappa shape index (κ2) is 5.65. The Bertz CT molecular complexity index is 440. The van der Waals surface area contributed by atoms with Gasteiger partial charge in [0.1, 0.15) is 18.0 Å². The summed E-state index contributed by atoms with van der Waals surface area (Å²) in [7, 11) is 3.81. The van der Waals surface area contributed by atoms with Gasteiger partial charge in [-0.3, -0.25) is 4.90 Å². The maximum absolute atomic E-state index is 8.82. The van der Waals surface area contributed by atoms with Crippen molar-refractivity contribution in [2.75, 3.05) is 37.4 Å². The first-order chi connectivity index (χ1) is 8.69. The molecule has 1 saturated heterocycles. The Morgan fingerprint density at radius 2 is 2.39 bits per heavy atom. The lowest BCUT2D eigenvalue weighted by Crippen LogP contribution is -2.39. The minimum Gasteiger partial charge on any atom is -0.366 e. The Morgan fingerprint density at radius 1 is 1.56 bits per heavy atom. The van der Waals surface area contributed by atoms with E-state index in [-0.39, 0.29) is 0 Å². The van der Waals surface area contributed by atoms with Crippen molar-refractivity contribution in [2.45, 2.75) is 18.9 Å². The van der Waals surface area contributed by atoms with Gasteiger partial charge >= 0.3 is 0 Å². The van der Waals surface area contributed by atoms with Crippen LogP contribution in [0.3, 0.4) is 0 Å². The predicted octanol–water partition coefficient (Wildman–Crippen LogP) is 0.900. The van der Waals surface area contributed by atoms with Crippen LogP contribution in [0.5, 0.6) is 0 Å². The fraction of sp³-hybridized carbons (Fsp3) is 0.583. The molecule has 1 aromatic heterocycles. The first-order valence-electron chi connectivity index (χ1n) is 6.09. The normalized spacial score (nSPS) is 20.2. The first-order valence-corrected chi connectivity index (χ1v) is 6.09. The number of rotatable bonds is 3. The average Bonchev–Trinajstić information content (AvgIpc) is 2.38. The smallest absolute Gasteiger partial charge is 0.185 e. The fourth-order valence-corrected chi connectivity index (χ4v) is 2.15. The summed E-state index contributed by atoms with van der Waals surface area (Å²) in [6.45, 7) is 2.18. The SMILES string of the molecule is CN1CCCC(Nc2cc(N(C)C#N)ncn2)C1. The standard InChI is InChI=1S/C12H18N6/c1-17-5-3-4-10(7-17)16-11-6-12(15-9-14-11)18(2)8-13/h6,9-10H,3-5,7H2,1-2H3,(H,14,15,16). The van der Waals surface area contributed by atoms with Crippen molar-refractivity contribution in [2.24, 2.45) is 0 Å². The number of piperidine rings is 1. The molecule has 1 aromatic rings. The molecule has 2 heterocycles. The highest BCUT2D eigenvalue weighted by Gasteiger charge is 2.17. The maximum atomic E-state index is 8.82. The first kappa shape index (κ1) is 12.6. The van der Waals surface area contributed by atoms with Gasteiger partial charge in [-0.05, 0) is 26.4 Å². The second-order valence-corrected chi connectivity index (χ2v) is 4.67. The van der Waals surface area contributed by atoms with E-state index in [1.807, 2.05) is 6.19 Å². The van der Waals surface area contributed by atoms with E-state index in [0.29, 0.717) is 11.9 Å². The molecule has 18 heavy (non-hydrogen) atoms. The zero-order valence-electron chi connectivity index (χ0n) is 10.8. The van der Waals surface area contributed by atoms with Crippen molar-refractivity contribution < 1.29 is 0 Å². The molecule has 1 fully saturated rings. The number of likely N-dealkylation sites (N-methyl/N-ethyl adjacent to an activating group) is 1. The van der Waals surface area contributed by atoms with Crippen LogP contribution in [-0.4, -0.2) is 48.1 Å². The summed E-state index contributed by atoms with van der Waals surface area (Å²) in [4.78, 5) is 12.0. The molecule has 2 rings (SSSR count). The van der Waals surface area contributed by atoms with Gasteiger partial charge in [-0.1, -0.05) is 0 Å². The maximum Gasteiger partial charge on any atom is 0.185 e. The summed E-state index contributed by atoms with van der Waals surface area (Å²) < 4.78 is 0. The van der Waals surface area contributed by atoms with Crippen molar-refractivity contribution in [1.29, 1.82) is 5.26 Å². The number of likely N-dealkylation sites (tertiary alicyclic amines) is 1. The van der Waals surface area contributed by atoms with Crippen LogP contribution >= 0.6 is 0 Å². The molecular formula is C12H18N6. The van der Waals surface area contributed by atoms with Crippen LogP contribution in [-0.2, 0) is 0 Å². The lowest BCUT2D eigenvalue weighted by molar-refractivity contribution is 0.261. The third kappa shape index (κ3) is 3.08. The van der Waals surface area contributed by atoms with Crippen molar-refractivity contribution in [1.82, 2.24) is 14.9 Å². The van der Waals surface area contributed by atoms with E-state index >= 15 is 0 Å². The van der Waals surface area contributed by atoms with Gasteiger partial charge in [0.05, 0.1) is 0 Å². The van der Waals surface area contributed by atoms with E-state index in [4.69, 9.17) is 5.26 Å². The van der Waals surface area contributed by atoms with Crippen molar-refractivity contribution in [3.8, 4) is 6.19 Å². The van der Waals surface area contributed by atoms with E-state index in [1.165, 1.54) is 17.6 Å². The Hall–Kier alpha value is -1.87. The predicted molar refractivity (Wildman–Crippen MR) is 70.2 cm³/mol. The van der Waals surface area contributed by atoms with Crippen LogP contribution in [0.1, 0.15) is 12.8 Å². The van der Waals surface area contributed by atoms with Crippen LogP contribution in [0.25, 0.3) is 0 Å². The molecule has 0 radical (unpaired) electrons. The lowest BCUT2D eigenvalue weighted by atomic mass is 10.1. The van der Waals surface area contributed by atoms with E-state index in [0.717, 1.165) is 25.3 Å². The molecule has 1 aliphatic heterocycles. The molecule has 0 amide bonds. The summed E-state index contributed by atoms with van der Waals surface area (Å²) >= 11 is 0. The van der Waals surface area contributed by atoms with Gasteiger partial charge in [-0.25, -0.2) is 9.97 Å². The number of nitrogens with one attached hydrogen (secondary N) is 1. The van der Waals surface area contributed by atoms with Crippen LogP contribution in [0.2, 0.25) is 0 Å². The molecule has 0 saturated carbocycles. The highest BCUT2D eigenvalue weighted by molar-refractivity contribution is 5.50. The molecule has 1 aliphatic rings. The molecule has 1 unspecified atom stereocenters. The molecule has 0 aliphatic carbocycles. The molecular weight excluding hydrogens is 228 g/mol. The van der Waals surface area contributed by atoms with Crippen LogP contribution in [0.15, 0.2) is 12.4 Å². The van der Waals surface area contributed by atoms with Gasteiger partial charge in [-0.2, -0.15) is 5.26 Å². The summed E-state index contributed by atoms with van der Waals surface area (Å²) in [5, 5.41) is 12.2. The van der Waals surface area contributed by atoms with Gasteiger partial charge < -0.3 is 10.2 Å². The zero-order valence-corrected chi connectivity index (χ0v) is 10.8. The van der Waals surface area contributed by atoms with Gasteiger partial charge in [0, 0.05) is 25.7 Å². The van der Waals surface area contributed by atoms with E-state index in [9.17, 15) is 0 Å². The van der Waals surface area contributed by atoms with Crippen LogP contribution < -0.4 is 10.2 Å². The topological polar surface area (TPSA) is 68.1 Å². The zero-order chi connectivity index (χ0) is 13.0. The molecule has 0 spiro atoms.